The summed E-state index contributed by atoms with van der Waals surface area (Å²) in [5.41, 5.74) is 6.12. The second-order valence-electron chi connectivity index (χ2n) is 7.59. The molecule has 2 aromatic carbocycles. The van der Waals surface area contributed by atoms with E-state index in [1.807, 2.05) is 47.7 Å². The zero-order chi connectivity index (χ0) is 21.3. The van der Waals surface area contributed by atoms with Gasteiger partial charge in [-0.1, -0.05) is 30.3 Å². The van der Waals surface area contributed by atoms with Crippen molar-refractivity contribution in [1.82, 2.24) is 19.4 Å². The lowest BCUT2D eigenvalue weighted by Gasteiger charge is -2.10. The molecule has 4 heterocycles. The Morgan fingerprint density at radius 3 is 2.61 bits per heavy atom. The third kappa shape index (κ3) is 2.50. The van der Waals surface area contributed by atoms with E-state index < -0.39 is 5.97 Å². The Kier molecular flexibility index (Phi) is 3.67. The van der Waals surface area contributed by atoms with Gasteiger partial charge in [-0.2, -0.15) is 0 Å². The number of hydrogen-bond donors (Lipinski definition) is 1. The van der Waals surface area contributed by atoms with Crippen molar-refractivity contribution in [2.75, 3.05) is 0 Å². The number of carboxylic acids is 1. The van der Waals surface area contributed by atoms with Gasteiger partial charge in [0.25, 0.3) is 0 Å². The Bertz CT molecular complexity index is 1700. The maximum atomic E-state index is 12.0. The summed E-state index contributed by atoms with van der Waals surface area (Å²) >= 11 is 1.58. The number of thiophene rings is 1. The van der Waals surface area contributed by atoms with Gasteiger partial charge in [-0.3, -0.25) is 4.40 Å². The van der Waals surface area contributed by atoms with Crippen LogP contribution in [0.3, 0.4) is 0 Å². The normalized spacial score (nSPS) is 11.8. The molecule has 0 spiro atoms. The first-order valence-corrected chi connectivity index (χ1v) is 10.6. The number of carbonyl (C=O) groups is 1. The molecule has 0 aliphatic rings. The molecule has 0 atom stereocenters. The quantitative estimate of drug-likeness (QED) is 0.390. The van der Waals surface area contributed by atoms with Crippen LogP contribution >= 0.6 is 11.3 Å². The molecular formula is C24H16N4O2S. The Hall–Kier alpha value is -3.84. The summed E-state index contributed by atoms with van der Waals surface area (Å²) in [5, 5.41) is 10.8. The summed E-state index contributed by atoms with van der Waals surface area (Å²) in [6, 6.07) is 16.9. The van der Waals surface area contributed by atoms with Gasteiger partial charge in [0.2, 0.25) is 0 Å². The van der Waals surface area contributed by atoms with Crippen LogP contribution in [0.15, 0.2) is 54.6 Å². The third-order valence-electron chi connectivity index (χ3n) is 5.55. The largest absolute Gasteiger partial charge is 0.478 e. The van der Waals surface area contributed by atoms with E-state index in [9.17, 15) is 9.90 Å². The highest BCUT2D eigenvalue weighted by Crippen LogP contribution is 2.39. The Morgan fingerprint density at radius 1 is 1.00 bits per heavy atom. The van der Waals surface area contributed by atoms with E-state index in [-0.39, 0.29) is 5.56 Å². The van der Waals surface area contributed by atoms with Crippen LogP contribution in [0, 0.1) is 13.8 Å². The van der Waals surface area contributed by atoms with Gasteiger partial charge in [-0.15, -0.1) is 11.3 Å². The topological polar surface area (TPSA) is 80.4 Å². The molecule has 31 heavy (non-hydrogen) atoms. The molecule has 0 radical (unpaired) electrons. The molecule has 0 fully saturated rings. The SMILES string of the molecule is Cc1cc(C)c2c(n1)sc1c2nc(-c2ccccc2C(=O)O)n2c3ccccc3nc12. The van der Waals surface area contributed by atoms with Crippen LogP contribution in [0.1, 0.15) is 21.6 Å². The van der Waals surface area contributed by atoms with Crippen molar-refractivity contribution in [2.45, 2.75) is 13.8 Å². The summed E-state index contributed by atoms with van der Waals surface area (Å²) in [6.45, 7) is 4.04. The molecule has 4 aromatic heterocycles. The molecule has 0 saturated heterocycles. The van der Waals surface area contributed by atoms with Crippen molar-refractivity contribution in [2.24, 2.45) is 0 Å². The van der Waals surface area contributed by atoms with Crippen molar-refractivity contribution in [3.63, 3.8) is 0 Å². The van der Waals surface area contributed by atoms with Gasteiger partial charge in [0.1, 0.15) is 10.7 Å². The number of nitrogens with zero attached hydrogens (tertiary/aromatic N) is 4. The number of aryl methyl sites for hydroxylation is 2. The van der Waals surface area contributed by atoms with E-state index in [4.69, 9.17) is 15.0 Å². The molecule has 1 N–H and O–H groups in total. The Labute approximate surface area is 180 Å². The molecule has 6 aromatic rings. The van der Waals surface area contributed by atoms with E-state index >= 15 is 0 Å². The number of benzene rings is 2. The minimum Gasteiger partial charge on any atom is -0.478 e. The van der Waals surface area contributed by atoms with Crippen LogP contribution in [-0.4, -0.2) is 30.4 Å². The number of imidazole rings is 1. The average molecular weight is 424 g/mol. The van der Waals surface area contributed by atoms with E-state index in [1.54, 1.807) is 29.5 Å². The lowest BCUT2D eigenvalue weighted by Crippen LogP contribution is -2.04. The van der Waals surface area contributed by atoms with Crippen LogP contribution in [0.25, 0.3) is 48.5 Å². The highest BCUT2D eigenvalue weighted by atomic mass is 32.1. The number of aromatic nitrogens is 4. The molecule has 0 amide bonds. The Morgan fingerprint density at radius 2 is 1.77 bits per heavy atom. The fourth-order valence-electron chi connectivity index (χ4n) is 4.28. The van der Waals surface area contributed by atoms with Crippen LogP contribution in [0.2, 0.25) is 0 Å². The van der Waals surface area contributed by atoms with E-state index in [0.29, 0.717) is 11.4 Å². The first-order chi connectivity index (χ1) is 15.0. The predicted molar refractivity (Wildman–Crippen MR) is 123 cm³/mol. The fourth-order valence-corrected chi connectivity index (χ4v) is 5.49. The van der Waals surface area contributed by atoms with Gasteiger partial charge in [-0.05, 0) is 43.7 Å². The van der Waals surface area contributed by atoms with Crippen molar-refractivity contribution in [3.05, 3.63) is 71.4 Å². The molecule has 0 bridgehead atoms. The highest BCUT2D eigenvalue weighted by molar-refractivity contribution is 7.26. The van der Waals surface area contributed by atoms with Crippen molar-refractivity contribution in [1.29, 1.82) is 0 Å². The van der Waals surface area contributed by atoms with Gasteiger partial charge in [0.15, 0.2) is 5.65 Å². The zero-order valence-corrected chi connectivity index (χ0v) is 17.6. The number of aromatic carboxylic acids is 1. The second-order valence-corrected chi connectivity index (χ2v) is 8.59. The van der Waals surface area contributed by atoms with Crippen molar-refractivity contribution < 1.29 is 9.90 Å². The average Bonchev–Trinajstić information content (AvgIpc) is 3.31. The number of pyridine rings is 1. The number of hydrogen-bond acceptors (Lipinski definition) is 5. The molecule has 6 rings (SSSR count). The van der Waals surface area contributed by atoms with Gasteiger partial charge < -0.3 is 5.11 Å². The molecule has 150 valence electrons. The number of fused-ring (bicyclic) bond motifs is 7. The second kappa shape index (κ2) is 6.33. The summed E-state index contributed by atoms with van der Waals surface area (Å²) in [6.07, 6.45) is 0. The van der Waals surface area contributed by atoms with Crippen LogP contribution in [-0.2, 0) is 0 Å². The van der Waals surface area contributed by atoms with Crippen LogP contribution < -0.4 is 0 Å². The van der Waals surface area contributed by atoms with Crippen LogP contribution in [0.4, 0.5) is 0 Å². The van der Waals surface area contributed by atoms with Gasteiger partial charge in [-0.25, -0.2) is 19.7 Å². The monoisotopic (exact) mass is 424 g/mol. The third-order valence-corrected chi connectivity index (χ3v) is 6.62. The van der Waals surface area contributed by atoms with Crippen molar-refractivity contribution >= 4 is 54.4 Å². The molecule has 7 heteroatoms. The highest BCUT2D eigenvalue weighted by Gasteiger charge is 2.22. The zero-order valence-electron chi connectivity index (χ0n) is 16.7. The predicted octanol–water partition coefficient (Wildman–Crippen LogP) is 5.63. The summed E-state index contributed by atoms with van der Waals surface area (Å²) in [4.78, 5) is 27.6. The Balaban J connectivity index is 1.89. The van der Waals surface area contributed by atoms with Gasteiger partial charge >= 0.3 is 5.97 Å². The summed E-state index contributed by atoms with van der Waals surface area (Å²) in [7, 11) is 0. The van der Waals surface area contributed by atoms with E-state index in [1.165, 1.54) is 0 Å². The molecular weight excluding hydrogens is 408 g/mol. The number of carboxylic acid groups (broad SMARTS) is 1. The first-order valence-electron chi connectivity index (χ1n) is 9.83. The molecule has 0 saturated carbocycles. The summed E-state index contributed by atoms with van der Waals surface area (Å²) in [5.74, 6) is -0.424. The standard InChI is InChI=1S/C24H16N4O2S/c1-12-11-13(2)25-23-18(12)19-20(31-23)22-26-16-9-5-6-10-17(16)28(22)21(27-19)14-7-3-4-8-15(14)24(29)30/h3-11H,1-2H3,(H,29,30). The molecule has 0 aliphatic carbocycles. The first kappa shape index (κ1) is 18.0. The number of rotatable bonds is 2. The smallest absolute Gasteiger partial charge is 0.336 e. The fraction of sp³-hybridized carbons (Fsp3) is 0.0833. The minimum absolute atomic E-state index is 0.207. The van der Waals surface area contributed by atoms with E-state index in [2.05, 4.69) is 6.92 Å². The van der Waals surface area contributed by atoms with E-state index in [0.717, 1.165) is 48.4 Å². The number of para-hydroxylation sites is 2. The lowest BCUT2D eigenvalue weighted by atomic mass is 10.1. The molecule has 6 nitrogen and oxygen atoms in total. The molecule has 0 unspecified atom stereocenters. The lowest BCUT2D eigenvalue weighted by molar-refractivity contribution is 0.0697. The summed E-state index contributed by atoms with van der Waals surface area (Å²) < 4.78 is 2.92. The molecule has 0 aliphatic heterocycles. The maximum Gasteiger partial charge on any atom is 0.336 e. The maximum absolute atomic E-state index is 12.0. The van der Waals surface area contributed by atoms with Gasteiger partial charge in [0, 0.05) is 16.6 Å². The van der Waals surface area contributed by atoms with Gasteiger partial charge in [0.05, 0.1) is 26.8 Å². The van der Waals surface area contributed by atoms with Crippen molar-refractivity contribution in [3.8, 4) is 11.4 Å². The van der Waals surface area contributed by atoms with Crippen LogP contribution in [0.5, 0.6) is 0 Å². The minimum atomic E-state index is -0.987.